The van der Waals surface area contributed by atoms with Crippen molar-refractivity contribution in [2.24, 2.45) is 11.1 Å². The van der Waals surface area contributed by atoms with Crippen molar-refractivity contribution in [2.75, 3.05) is 18.8 Å². The molecule has 0 radical (unpaired) electrons. The quantitative estimate of drug-likeness (QED) is 0.882. The van der Waals surface area contributed by atoms with Gasteiger partial charge in [-0.2, -0.15) is 0 Å². The van der Waals surface area contributed by atoms with Crippen molar-refractivity contribution in [1.29, 1.82) is 0 Å². The van der Waals surface area contributed by atoms with Gasteiger partial charge >= 0.3 is 0 Å². The maximum Gasteiger partial charge on any atom is 0.257 e. The van der Waals surface area contributed by atoms with Crippen LogP contribution in [0.25, 0.3) is 10.7 Å². The van der Waals surface area contributed by atoms with Crippen LogP contribution in [-0.2, 0) is 10.0 Å². The molecule has 1 atom stereocenters. The van der Waals surface area contributed by atoms with Gasteiger partial charge in [-0.05, 0) is 23.8 Å². The molecule has 3 rings (SSSR count). The highest BCUT2D eigenvalue weighted by molar-refractivity contribution is 7.89. The number of hydrogen-bond donors (Lipinski definition) is 1. The number of carbonyl (C=O) groups excluding carboxylic acids is 1. The number of aromatic nitrogens is 2. The van der Waals surface area contributed by atoms with Crippen LogP contribution in [0.3, 0.4) is 0 Å². The molecule has 1 fully saturated rings. The fourth-order valence-corrected chi connectivity index (χ4v) is 4.24. The minimum Gasteiger partial charge on any atom is -0.338 e. The Labute approximate surface area is 138 Å². The summed E-state index contributed by atoms with van der Waals surface area (Å²) in [7, 11) is -3.51. The number of nitrogens with zero attached hydrogens (tertiary/aromatic N) is 3. The van der Waals surface area contributed by atoms with Gasteiger partial charge < -0.3 is 4.90 Å². The number of rotatable bonds is 4. The average Bonchev–Trinajstić information content (AvgIpc) is 3.16. The third-order valence-electron chi connectivity index (χ3n) is 3.68. The van der Waals surface area contributed by atoms with Crippen LogP contribution in [0, 0.1) is 5.92 Å². The lowest BCUT2D eigenvalue weighted by atomic mass is 10.2. The highest BCUT2D eigenvalue weighted by atomic mass is 32.2. The Morgan fingerprint density at radius 2 is 2.13 bits per heavy atom. The number of nitrogens with two attached hydrogens (primary N) is 1. The predicted molar refractivity (Wildman–Crippen MR) is 87.3 cm³/mol. The molecule has 0 unspecified atom stereocenters. The van der Waals surface area contributed by atoms with Gasteiger partial charge in [0.2, 0.25) is 10.0 Å². The first-order chi connectivity index (χ1) is 10.9. The molecular formula is C14H16N4O3S2. The Morgan fingerprint density at radius 3 is 2.74 bits per heavy atom. The molecule has 0 aliphatic carbocycles. The molecule has 3 heterocycles. The molecule has 0 bridgehead atoms. The maximum atomic E-state index is 12.4. The van der Waals surface area contributed by atoms with Crippen LogP contribution < -0.4 is 5.14 Å². The van der Waals surface area contributed by atoms with Crippen molar-refractivity contribution >= 4 is 27.3 Å². The molecule has 23 heavy (non-hydrogen) atoms. The zero-order chi connectivity index (χ0) is 16.4. The Bertz CT molecular complexity index is 788. The van der Waals surface area contributed by atoms with Crippen LogP contribution in [0.5, 0.6) is 0 Å². The first kappa shape index (κ1) is 16.0. The standard InChI is InChI=1S/C14H16N4O3S2/c15-23(20,21)9-10-3-4-18(8-10)14(19)11-6-16-13(17-7-11)12-2-1-5-22-12/h1-2,5-7,10H,3-4,8-9H2,(H2,15,20,21)/t10-/m1/s1. The van der Waals surface area contributed by atoms with Crippen LogP contribution in [-0.4, -0.2) is 48.0 Å². The lowest BCUT2D eigenvalue weighted by molar-refractivity contribution is 0.0787. The maximum absolute atomic E-state index is 12.4. The summed E-state index contributed by atoms with van der Waals surface area (Å²) in [5.41, 5.74) is 0.404. The summed E-state index contributed by atoms with van der Waals surface area (Å²) < 4.78 is 22.3. The number of amides is 1. The molecule has 0 spiro atoms. The average molecular weight is 352 g/mol. The Balaban J connectivity index is 1.67. The van der Waals surface area contributed by atoms with Crippen molar-refractivity contribution in [3.05, 3.63) is 35.5 Å². The first-order valence-electron chi connectivity index (χ1n) is 7.08. The van der Waals surface area contributed by atoms with E-state index in [1.165, 1.54) is 23.7 Å². The summed E-state index contributed by atoms with van der Waals surface area (Å²) in [6, 6.07) is 3.83. The summed E-state index contributed by atoms with van der Waals surface area (Å²) in [5, 5.41) is 7.00. The Kier molecular flexibility index (Phi) is 4.42. The van der Waals surface area contributed by atoms with E-state index in [4.69, 9.17) is 5.14 Å². The molecule has 2 N–H and O–H groups in total. The molecule has 2 aromatic rings. The lowest BCUT2D eigenvalue weighted by Crippen LogP contribution is -2.31. The number of sulfonamides is 1. The number of carbonyl (C=O) groups is 1. The summed E-state index contributed by atoms with van der Waals surface area (Å²) in [6.45, 7) is 0.910. The van der Waals surface area contributed by atoms with Gasteiger partial charge in [-0.3, -0.25) is 4.79 Å². The molecule has 9 heteroatoms. The molecule has 1 saturated heterocycles. The van der Waals surface area contributed by atoms with Crippen LogP contribution in [0.1, 0.15) is 16.8 Å². The third-order valence-corrected chi connectivity index (χ3v) is 5.48. The topological polar surface area (TPSA) is 106 Å². The van der Waals surface area contributed by atoms with Gasteiger partial charge in [0.25, 0.3) is 5.91 Å². The van der Waals surface area contributed by atoms with Crippen LogP contribution in [0.2, 0.25) is 0 Å². The molecule has 0 saturated carbocycles. The zero-order valence-corrected chi connectivity index (χ0v) is 13.9. The van der Waals surface area contributed by atoms with E-state index in [9.17, 15) is 13.2 Å². The second kappa shape index (κ2) is 6.34. The molecule has 7 nitrogen and oxygen atoms in total. The highest BCUT2D eigenvalue weighted by Gasteiger charge is 2.29. The van der Waals surface area contributed by atoms with Crippen molar-refractivity contribution in [3.8, 4) is 10.7 Å². The largest absolute Gasteiger partial charge is 0.338 e. The van der Waals surface area contributed by atoms with Gasteiger partial charge in [0.1, 0.15) is 0 Å². The minimum absolute atomic E-state index is 0.0927. The predicted octanol–water partition coefficient (Wildman–Crippen LogP) is 0.956. The molecule has 0 aromatic carbocycles. The fourth-order valence-electron chi connectivity index (χ4n) is 2.64. The second-order valence-electron chi connectivity index (χ2n) is 5.51. The van der Waals surface area contributed by atoms with Gasteiger partial charge in [0, 0.05) is 25.5 Å². The summed E-state index contributed by atoms with van der Waals surface area (Å²) >= 11 is 1.53. The highest BCUT2D eigenvalue weighted by Crippen LogP contribution is 2.22. The molecular weight excluding hydrogens is 336 g/mol. The van der Waals surface area contributed by atoms with Crippen molar-refractivity contribution in [1.82, 2.24) is 14.9 Å². The lowest BCUT2D eigenvalue weighted by Gasteiger charge is -2.16. The summed E-state index contributed by atoms with van der Waals surface area (Å²) in [6.07, 6.45) is 3.66. The number of hydrogen-bond acceptors (Lipinski definition) is 6. The number of primary sulfonamides is 1. The first-order valence-corrected chi connectivity index (χ1v) is 9.67. The van der Waals surface area contributed by atoms with E-state index >= 15 is 0 Å². The van der Waals surface area contributed by atoms with E-state index < -0.39 is 10.0 Å². The van der Waals surface area contributed by atoms with Crippen molar-refractivity contribution in [3.63, 3.8) is 0 Å². The number of thiophene rings is 1. The van der Waals surface area contributed by atoms with E-state index in [-0.39, 0.29) is 17.6 Å². The van der Waals surface area contributed by atoms with Crippen molar-refractivity contribution in [2.45, 2.75) is 6.42 Å². The summed E-state index contributed by atoms with van der Waals surface area (Å²) in [4.78, 5) is 23.4. The van der Waals surface area contributed by atoms with Crippen LogP contribution in [0.15, 0.2) is 29.9 Å². The van der Waals surface area contributed by atoms with Gasteiger partial charge in [-0.25, -0.2) is 23.5 Å². The van der Waals surface area contributed by atoms with Crippen LogP contribution in [0.4, 0.5) is 0 Å². The SMILES string of the molecule is NS(=O)(=O)C[C@@H]1CCN(C(=O)c2cnc(-c3cccs3)nc2)C1. The monoisotopic (exact) mass is 352 g/mol. The van der Waals surface area contributed by atoms with Gasteiger partial charge in [0.05, 0.1) is 16.2 Å². The third kappa shape index (κ3) is 3.92. The molecule has 122 valence electrons. The van der Waals surface area contributed by atoms with E-state index in [1.807, 2.05) is 17.5 Å². The molecule has 1 aliphatic heterocycles. The smallest absolute Gasteiger partial charge is 0.257 e. The minimum atomic E-state index is -3.51. The Morgan fingerprint density at radius 1 is 1.39 bits per heavy atom. The summed E-state index contributed by atoms with van der Waals surface area (Å²) in [5.74, 6) is 0.204. The molecule has 2 aromatic heterocycles. The van der Waals surface area contributed by atoms with E-state index in [0.717, 1.165) is 4.88 Å². The van der Waals surface area contributed by atoms with Gasteiger partial charge in [0.15, 0.2) is 5.82 Å². The van der Waals surface area contributed by atoms with Crippen molar-refractivity contribution < 1.29 is 13.2 Å². The normalized spacial score (nSPS) is 18.3. The fraction of sp³-hybridized carbons (Fsp3) is 0.357. The van der Waals surface area contributed by atoms with E-state index in [2.05, 4.69) is 9.97 Å². The Hall–Kier alpha value is -1.84. The number of likely N-dealkylation sites (tertiary alicyclic amines) is 1. The van der Waals surface area contributed by atoms with Gasteiger partial charge in [-0.1, -0.05) is 6.07 Å². The zero-order valence-electron chi connectivity index (χ0n) is 12.3. The molecule has 1 aliphatic rings. The molecule has 1 amide bonds. The van der Waals surface area contributed by atoms with Gasteiger partial charge in [-0.15, -0.1) is 11.3 Å². The van der Waals surface area contributed by atoms with E-state index in [0.29, 0.717) is 30.9 Å². The van der Waals surface area contributed by atoms with Crippen LogP contribution >= 0.6 is 11.3 Å². The second-order valence-corrected chi connectivity index (χ2v) is 8.11. The van der Waals surface area contributed by atoms with E-state index in [1.54, 1.807) is 4.90 Å².